The maximum atomic E-state index is 12.6. The lowest BCUT2D eigenvalue weighted by molar-refractivity contribution is -0.146. The van der Waals surface area contributed by atoms with Crippen LogP contribution in [-0.2, 0) is 0 Å². The Bertz CT molecular complexity index is 873. The topological polar surface area (TPSA) is 74.5 Å². The number of carbonyl (C=O) groups is 1. The van der Waals surface area contributed by atoms with Gasteiger partial charge in [0.25, 0.3) is 0 Å². The van der Waals surface area contributed by atoms with Crippen molar-refractivity contribution in [2.45, 2.75) is 36.4 Å². The maximum Gasteiger partial charge on any atom is 0.401 e. The second-order valence-corrected chi connectivity index (χ2v) is 9.86. The van der Waals surface area contributed by atoms with Crippen molar-refractivity contribution >= 4 is 34.9 Å². The summed E-state index contributed by atoms with van der Waals surface area (Å²) in [7, 11) is 0. The Morgan fingerprint density at radius 3 is 2.52 bits per heavy atom. The van der Waals surface area contributed by atoms with E-state index < -0.39 is 18.7 Å². The van der Waals surface area contributed by atoms with Crippen molar-refractivity contribution in [3.63, 3.8) is 0 Å². The molecule has 1 aliphatic heterocycles. The number of anilines is 1. The summed E-state index contributed by atoms with van der Waals surface area (Å²) < 4.78 is 40.1. The number of rotatable bonds is 6. The zero-order chi connectivity index (χ0) is 21.3. The van der Waals surface area contributed by atoms with Crippen molar-refractivity contribution in [2.24, 2.45) is 0 Å². The van der Waals surface area contributed by atoms with Gasteiger partial charge in [-0.2, -0.15) is 27.9 Å². The number of aryl methyl sites for hydroxylation is 1. The predicted octanol–water partition coefficient (Wildman–Crippen LogP) is 3.52. The Labute approximate surface area is 174 Å². The molecule has 0 aliphatic carbocycles. The van der Waals surface area contributed by atoms with Crippen LogP contribution >= 0.6 is 23.1 Å². The Morgan fingerprint density at radius 1 is 1.31 bits per heavy atom. The van der Waals surface area contributed by atoms with Crippen LogP contribution < -0.4 is 4.90 Å². The third kappa shape index (κ3) is 5.43. The highest BCUT2D eigenvalue weighted by atomic mass is 32.2. The van der Waals surface area contributed by atoms with Crippen molar-refractivity contribution in [3.05, 3.63) is 17.5 Å². The average Bonchev–Trinajstić information content (AvgIpc) is 3.17. The number of aromatic nitrogens is 3. The van der Waals surface area contributed by atoms with Gasteiger partial charge in [-0.25, -0.2) is 4.79 Å². The molecule has 0 bridgehead atoms. The molecule has 0 saturated carbocycles. The van der Waals surface area contributed by atoms with Gasteiger partial charge in [-0.05, 0) is 13.0 Å². The van der Waals surface area contributed by atoms with Crippen LogP contribution in [0.3, 0.4) is 0 Å². The number of thiazole rings is 1. The molecule has 12 heteroatoms. The lowest BCUT2D eigenvalue weighted by atomic mass is 10.3. The van der Waals surface area contributed by atoms with E-state index in [9.17, 15) is 23.1 Å². The first-order chi connectivity index (χ1) is 13.5. The number of thioether (sulfide) groups is 1. The molecule has 0 unspecified atom stereocenters. The molecule has 0 atom stereocenters. The summed E-state index contributed by atoms with van der Waals surface area (Å²) in [5.74, 6) is -0.416. The molecular weight excluding hydrogens is 427 g/mol. The molecule has 3 rings (SSSR count). The molecule has 7 nitrogen and oxygen atoms in total. The molecule has 3 heterocycles. The number of halogens is 3. The minimum absolute atomic E-state index is 0.0268. The number of carboxylic acid groups (broad SMARTS) is 1. The van der Waals surface area contributed by atoms with Crippen LogP contribution in [0.2, 0.25) is 0 Å². The summed E-state index contributed by atoms with van der Waals surface area (Å²) in [6, 6.07) is 1.48. The minimum Gasteiger partial charge on any atom is -0.477 e. The Morgan fingerprint density at radius 2 is 1.97 bits per heavy atom. The van der Waals surface area contributed by atoms with Gasteiger partial charge in [-0.15, -0.1) is 11.8 Å². The van der Waals surface area contributed by atoms with E-state index in [1.165, 1.54) is 27.0 Å². The van der Waals surface area contributed by atoms with Crippen LogP contribution in [0.4, 0.5) is 19.0 Å². The van der Waals surface area contributed by atoms with E-state index in [1.54, 1.807) is 18.7 Å². The molecule has 1 fully saturated rings. The fourth-order valence-electron chi connectivity index (χ4n) is 3.04. The molecule has 2 aromatic heterocycles. The largest absolute Gasteiger partial charge is 0.477 e. The summed E-state index contributed by atoms with van der Waals surface area (Å²) in [6.45, 7) is 6.31. The van der Waals surface area contributed by atoms with Crippen LogP contribution in [-0.4, -0.2) is 74.9 Å². The quantitative estimate of drug-likeness (QED) is 0.677. The molecule has 1 saturated heterocycles. The SMILES string of the molecule is Cc1cc(C(=O)O)n(-c2nc(N3CCN(CC(F)(F)F)CC3)c(SC(C)C)s2)n1. The van der Waals surface area contributed by atoms with Gasteiger partial charge < -0.3 is 10.0 Å². The average molecular weight is 450 g/mol. The van der Waals surface area contributed by atoms with Crippen molar-refractivity contribution in [1.82, 2.24) is 19.7 Å². The lowest BCUT2D eigenvalue weighted by Crippen LogP contribution is -2.49. The molecule has 2 aromatic rings. The van der Waals surface area contributed by atoms with Crippen molar-refractivity contribution in [1.29, 1.82) is 0 Å². The number of aromatic carboxylic acids is 1. The van der Waals surface area contributed by atoms with E-state index in [1.807, 2.05) is 18.7 Å². The zero-order valence-corrected chi connectivity index (χ0v) is 17.9. The third-order valence-corrected chi connectivity index (χ3v) is 6.44. The van der Waals surface area contributed by atoms with E-state index in [4.69, 9.17) is 0 Å². The number of carboxylic acids is 1. The Balaban J connectivity index is 1.87. The first-order valence-electron chi connectivity index (χ1n) is 9.05. The maximum absolute atomic E-state index is 12.6. The van der Waals surface area contributed by atoms with E-state index in [0.29, 0.717) is 42.8 Å². The second kappa shape index (κ2) is 8.52. The fraction of sp³-hybridized carbons (Fsp3) is 0.588. The molecular formula is C17H22F3N5O2S2. The van der Waals surface area contributed by atoms with Gasteiger partial charge in [0.1, 0.15) is 4.21 Å². The molecule has 1 N–H and O–H groups in total. The van der Waals surface area contributed by atoms with Gasteiger partial charge in [0.05, 0.1) is 12.2 Å². The molecule has 160 valence electrons. The van der Waals surface area contributed by atoms with Crippen LogP contribution in [0.15, 0.2) is 10.3 Å². The van der Waals surface area contributed by atoms with Gasteiger partial charge in [-0.3, -0.25) is 4.90 Å². The van der Waals surface area contributed by atoms with E-state index in [-0.39, 0.29) is 10.9 Å². The number of alkyl halides is 3. The molecule has 0 amide bonds. The van der Waals surface area contributed by atoms with E-state index in [0.717, 1.165) is 4.21 Å². The van der Waals surface area contributed by atoms with Gasteiger partial charge in [0.2, 0.25) is 5.13 Å². The normalized spacial score (nSPS) is 16.0. The lowest BCUT2D eigenvalue weighted by Gasteiger charge is -2.35. The highest BCUT2D eigenvalue weighted by Crippen LogP contribution is 2.39. The smallest absolute Gasteiger partial charge is 0.401 e. The van der Waals surface area contributed by atoms with Crippen molar-refractivity contribution in [2.75, 3.05) is 37.6 Å². The van der Waals surface area contributed by atoms with E-state index >= 15 is 0 Å². The van der Waals surface area contributed by atoms with Crippen LogP contribution in [0.25, 0.3) is 5.13 Å². The summed E-state index contributed by atoms with van der Waals surface area (Å²) in [5, 5.41) is 14.4. The summed E-state index contributed by atoms with van der Waals surface area (Å²) in [5.41, 5.74) is 0.594. The van der Waals surface area contributed by atoms with Gasteiger partial charge in [0, 0.05) is 31.4 Å². The highest BCUT2D eigenvalue weighted by Gasteiger charge is 2.33. The van der Waals surface area contributed by atoms with Crippen molar-refractivity contribution < 1.29 is 23.1 Å². The second-order valence-electron chi connectivity index (χ2n) is 7.04. The van der Waals surface area contributed by atoms with Gasteiger partial charge >= 0.3 is 12.1 Å². The monoisotopic (exact) mass is 449 g/mol. The molecule has 0 aromatic carbocycles. The Hall–Kier alpha value is -1.79. The molecule has 0 radical (unpaired) electrons. The van der Waals surface area contributed by atoms with Gasteiger partial charge in [0.15, 0.2) is 11.5 Å². The van der Waals surface area contributed by atoms with Crippen LogP contribution in [0.5, 0.6) is 0 Å². The molecule has 1 aliphatic rings. The molecule has 29 heavy (non-hydrogen) atoms. The Kier molecular flexibility index (Phi) is 6.44. The van der Waals surface area contributed by atoms with Crippen molar-refractivity contribution in [3.8, 4) is 5.13 Å². The number of nitrogens with zero attached hydrogens (tertiary/aromatic N) is 5. The summed E-state index contributed by atoms with van der Waals surface area (Å²) in [6.07, 6.45) is -4.21. The third-order valence-electron chi connectivity index (χ3n) is 4.22. The first kappa shape index (κ1) is 21.9. The summed E-state index contributed by atoms with van der Waals surface area (Å²) in [4.78, 5) is 19.5. The van der Waals surface area contributed by atoms with E-state index in [2.05, 4.69) is 10.1 Å². The summed E-state index contributed by atoms with van der Waals surface area (Å²) >= 11 is 2.94. The minimum atomic E-state index is -4.21. The van der Waals surface area contributed by atoms with Gasteiger partial charge in [-0.1, -0.05) is 25.2 Å². The zero-order valence-electron chi connectivity index (χ0n) is 16.2. The first-order valence-corrected chi connectivity index (χ1v) is 10.7. The highest BCUT2D eigenvalue weighted by molar-refractivity contribution is 8.01. The number of hydrogen-bond donors (Lipinski definition) is 1. The standard InChI is InChI=1S/C17H22F3N5O2S2/c1-10(2)28-15-13(24-6-4-23(5-7-24)9-17(18,19)20)21-16(29-15)25-12(14(26)27)8-11(3)22-25/h8,10H,4-7,9H2,1-3H3,(H,26,27). The van der Waals surface area contributed by atoms with Crippen LogP contribution in [0, 0.1) is 6.92 Å². The number of piperazine rings is 1. The molecule has 0 spiro atoms. The predicted molar refractivity (Wildman–Crippen MR) is 107 cm³/mol. The fourth-order valence-corrected chi connectivity index (χ4v) is 5.53. The number of hydrogen-bond acceptors (Lipinski definition) is 7. The van der Waals surface area contributed by atoms with Crippen LogP contribution in [0.1, 0.15) is 30.0 Å².